The Hall–Kier alpha value is -2.08. The molecule has 0 aliphatic carbocycles. The molecule has 21 heavy (non-hydrogen) atoms. The highest BCUT2D eigenvalue weighted by Crippen LogP contribution is 2.17. The highest BCUT2D eigenvalue weighted by atomic mass is 16.5. The number of benzene rings is 1. The van der Waals surface area contributed by atoms with Gasteiger partial charge in [-0.1, -0.05) is 19.4 Å². The molecule has 1 aromatic rings. The average Bonchev–Trinajstić information content (AvgIpc) is 2.46. The summed E-state index contributed by atoms with van der Waals surface area (Å²) in [5.41, 5.74) is 6.35. The van der Waals surface area contributed by atoms with Crippen molar-refractivity contribution < 1.29 is 14.3 Å². The third kappa shape index (κ3) is 6.27. The van der Waals surface area contributed by atoms with E-state index in [0.717, 1.165) is 6.42 Å². The number of rotatable bonds is 8. The van der Waals surface area contributed by atoms with Crippen LogP contribution in [0.15, 0.2) is 24.3 Å². The minimum Gasteiger partial charge on any atom is -0.484 e. The highest BCUT2D eigenvalue weighted by Gasteiger charge is 2.12. The van der Waals surface area contributed by atoms with E-state index in [-0.39, 0.29) is 18.4 Å². The molecular weight excluding hydrogens is 270 g/mol. The van der Waals surface area contributed by atoms with Gasteiger partial charge in [-0.2, -0.15) is 0 Å². The zero-order valence-electron chi connectivity index (χ0n) is 12.5. The van der Waals surface area contributed by atoms with Crippen molar-refractivity contribution in [2.45, 2.75) is 32.7 Å². The smallest absolute Gasteiger partial charge is 0.257 e. The van der Waals surface area contributed by atoms with E-state index in [4.69, 9.17) is 10.5 Å². The quantitative estimate of drug-likeness (QED) is 0.673. The second-order valence-corrected chi connectivity index (χ2v) is 4.65. The van der Waals surface area contributed by atoms with Crippen molar-refractivity contribution in [2.75, 3.05) is 18.5 Å². The van der Waals surface area contributed by atoms with E-state index in [1.54, 1.807) is 24.3 Å². The Balaban J connectivity index is 2.56. The van der Waals surface area contributed by atoms with E-state index < -0.39 is 6.04 Å². The third-order valence-corrected chi connectivity index (χ3v) is 2.78. The van der Waals surface area contributed by atoms with E-state index in [2.05, 4.69) is 10.6 Å². The van der Waals surface area contributed by atoms with E-state index in [9.17, 15) is 9.59 Å². The van der Waals surface area contributed by atoms with Crippen molar-refractivity contribution in [3.8, 4) is 5.75 Å². The van der Waals surface area contributed by atoms with Crippen molar-refractivity contribution in [1.29, 1.82) is 0 Å². The molecule has 6 heteroatoms. The first-order valence-electron chi connectivity index (χ1n) is 7.12. The summed E-state index contributed by atoms with van der Waals surface area (Å²) < 4.78 is 5.36. The number of hydrogen-bond donors (Lipinski definition) is 3. The summed E-state index contributed by atoms with van der Waals surface area (Å²) >= 11 is 0. The van der Waals surface area contributed by atoms with Crippen LogP contribution in [0.4, 0.5) is 5.69 Å². The zero-order valence-corrected chi connectivity index (χ0v) is 12.5. The number of anilines is 1. The van der Waals surface area contributed by atoms with E-state index in [0.29, 0.717) is 24.4 Å². The maximum absolute atomic E-state index is 11.8. The number of nitrogens with one attached hydrogen (secondary N) is 2. The molecule has 0 spiro atoms. The van der Waals surface area contributed by atoms with Crippen LogP contribution in [0, 0.1) is 0 Å². The molecule has 1 rings (SSSR count). The van der Waals surface area contributed by atoms with Gasteiger partial charge < -0.3 is 21.1 Å². The van der Waals surface area contributed by atoms with Crippen molar-refractivity contribution >= 4 is 17.5 Å². The fourth-order valence-corrected chi connectivity index (χ4v) is 1.74. The fourth-order valence-electron chi connectivity index (χ4n) is 1.74. The molecule has 0 heterocycles. The minimum absolute atomic E-state index is 0.0550. The van der Waals surface area contributed by atoms with Crippen LogP contribution in [0.25, 0.3) is 0 Å². The Morgan fingerprint density at radius 2 is 2.10 bits per heavy atom. The molecule has 116 valence electrons. The molecule has 4 N–H and O–H groups in total. The molecule has 0 radical (unpaired) electrons. The Kier molecular flexibility index (Phi) is 7.25. The summed E-state index contributed by atoms with van der Waals surface area (Å²) in [6.07, 6.45) is 1.49. The van der Waals surface area contributed by atoms with Gasteiger partial charge in [0.05, 0.1) is 6.04 Å². The largest absolute Gasteiger partial charge is 0.484 e. The SMILES string of the molecule is CCCC(N)C(=O)Nc1cccc(OCC(=O)NCC)c1. The number of amides is 2. The van der Waals surface area contributed by atoms with Crippen LogP contribution in [0.2, 0.25) is 0 Å². The number of carbonyl (C=O) groups is 2. The first kappa shape index (κ1) is 17.0. The Bertz CT molecular complexity index is 477. The van der Waals surface area contributed by atoms with Gasteiger partial charge in [0.25, 0.3) is 5.91 Å². The second-order valence-electron chi connectivity index (χ2n) is 4.65. The molecule has 1 unspecified atom stereocenters. The Morgan fingerprint density at radius 1 is 1.33 bits per heavy atom. The van der Waals surface area contributed by atoms with Gasteiger partial charge in [0.1, 0.15) is 5.75 Å². The third-order valence-electron chi connectivity index (χ3n) is 2.78. The van der Waals surface area contributed by atoms with E-state index in [1.807, 2.05) is 13.8 Å². The van der Waals surface area contributed by atoms with Crippen molar-refractivity contribution in [2.24, 2.45) is 5.73 Å². The first-order valence-corrected chi connectivity index (χ1v) is 7.12. The van der Waals surface area contributed by atoms with Gasteiger partial charge >= 0.3 is 0 Å². The fraction of sp³-hybridized carbons (Fsp3) is 0.467. The van der Waals surface area contributed by atoms with Crippen LogP contribution in [0.1, 0.15) is 26.7 Å². The lowest BCUT2D eigenvalue weighted by Crippen LogP contribution is -2.35. The predicted molar refractivity (Wildman–Crippen MR) is 82.1 cm³/mol. The molecule has 0 aromatic heterocycles. The second kappa shape index (κ2) is 8.97. The summed E-state index contributed by atoms with van der Waals surface area (Å²) in [5.74, 6) is 0.109. The van der Waals surface area contributed by atoms with Gasteiger partial charge in [-0.3, -0.25) is 9.59 Å². The molecule has 1 atom stereocenters. The normalized spacial score (nSPS) is 11.6. The average molecular weight is 293 g/mol. The number of ether oxygens (including phenoxy) is 1. The number of nitrogens with two attached hydrogens (primary N) is 1. The lowest BCUT2D eigenvalue weighted by atomic mass is 10.1. The lowest BCUT2D eigenvalue weighted by molar-refractivity contribution is -0.123. The highest BCUT2D eigenvalue weighted by molar-refractivity contribution is 5.94. The summed E-state index contributed by atoms with van der Waals surface area (Å²) in [6, 6.07) is 6.36. The summed E-state index contributed by atoms with van der Waals surface area (Å²) in [7, 11) is 0. The van der Waals surface area contributed by atoms with Gasteiger partial charge in [0.15, 0.2) is 6.61 Å². The van der Waals surface area contributed by atoms with Crippen LogP contribution >= 0.6 is 0 Å². The topological polar surface area (TPSA) is 93.5 Å². The number of carbonyl (C=O) groups excluding carboxylic acids is 2. The zero-order chi connectivity index (χ0) is 15.7. The van der Waals surface area contributed by atoms with E-state index >= 15 is 0 Å². The molecule has 0 bridgehead atoms. The molecular formula is C15H23N3O3. The standard InChI is InChI=1S/C15H23N3O3/c1-3-6-13(16)15(20)18-11-7-5-8-12(9-11)21-10-14(19)17-4-2/h5,7-9,13H,3-4,6,10,16H2,1-2H3,(H,17,19)(H,18,20). The molecule has 6 nitrogen and oxygen atoms in total. The summed E-state index contributed by atoms with van der Waals surface area (Å²) in [6.45, 7) is 4.32. The van der Waals surface area contributed by atoms with Gasteiger partial charge in [0.2, 0.25) is 5.91 Å². The molecule has 0 aliphatic heterocycles. The maximum atomic E-state index is 11.8. The lowest BCUT2D eigenvalue weighted by Gasteiger charge is -2.12. The molecule has 1 aromatic carbocycles. The summed E-state index contributed by atoms with van der Waals surface area (Å²) in [5, 5.41) is 5.38. The van der Waals surface area contributed by atoms with Crippen LogP contribution in [-0.2, 0) is 9.59 Å². The molecule has 0 saturated carbocycles. The Morgan fingerprint density at radius 3 is 2.76 bits per heavy atom. The van der Waals surface area contributed by atoms with Crippen LogP contribution in [-0.4, -0.2) is 31.0 Å². The van der Waals surface area contributed by atoms with Gasteiger partial charge in [0, 0.05) is 18.3 Å². The molecule has 0 fully saturated rings. The first-order chi connectivity index (χ1) is 10.1. The van der Waals surface area contributed by atoms with Crippen molar-refractivity contribution in [3.05, 3.63) is 24.3 Å². The van der Waals surface area contributed by atoms with Gasteiger partial charge in [-0.25, -0.2) is 0 Å². The molecule has 2 amide bonds. The van der Waals surface area contributed by atoms with Gasteiger partial charge in [-0.05, 0) is 25.5 Å². The van der Waals surface area contributed by atoms with Crippen molar-refractivity contribution in [3.63, 3.8) is 0 Å². The monoisotopic (exact) mass is 293 g/mol. The number of hydrogen-bond acceptors (Lipinski definition) is 4. The molecule has 0 aliphatic rings. The predicted octanol–water partition coefficient (Wildman–Crippen LogP) is 1.27. The van der Waals surface area contributed by atoms with Crippen LogP contribution in [0.3, 0.4) is 0 Å². The minimum atomic E-state index is -0.519. The molecule has 0 saturated heterocycles. The Labute approximate surface area is 125 Å². The van der Waals surface area contributed by atoms with Gasteiger partial charge in [-0.15, -0.1) is 0 Å². The van der Waals surface area contributed by atoms with E-state index in [1.165, 1.54) is 0 Å². The van der Waals surface area contributed by atoms with Crippen LogP contribution in [0.5, 0.6) is 5.75 Å². The number of likely N-dealkylation sites (N-methyl/N-ethyl adjacent to an activating group) is 1. The maximum Gasteiger partial charge on any atom is 0.257 e. The van der Waals surface area contributed by atoms with Crippen LogP contribution < -0.4 is 21.1 Å². The van der Waals surface area contributed by atoms with Crippen molar-refractivity contribution in [1.82, 2.24) is 5.32 Å². The summed E-state index contributed by atoms with van der Waals surface area (Å²) in [4.78, 5) is 23.1.